The topological polar surface area (TPSA) is 85.9 Å². The average Bonchev–Trinajstić information content (AvgIpc) is 2.97. The number of hydrogen-bond acceptors (Lipinski definition) is 4. The van der Waals surface area contributed by atoms with Crippen molar-refractivity contribution in [3.05, 3.63) is 39.8 Å². The lowest BCUT2D eigenvalue weighted by molar-refractivity contribution is 0.195. The fraction of sp³-hybridized carbons (Fsp3) is 0.444. The molecule has 0 amide bonds. The minimum absolute atomic E-state index is 0.00401. The second kappa shape index (κ2) is 7.15. The summed E-state index contributed by atoms with van der Waals surface area (Å²) in [5, 5.41) is 9.02. The molecule has 2 aromatic heterocycles. The fourth-order valence-corrected chi connectivity index (χ4v) is 3.19. The number of benzene rings is 1. The molecule has 0 fully saturated rings. The molecule has 6 heteroatoms. The first-order valence-electron chi connectivity index (χ1n) is 8.36. The minimum atomic E-state index is 0.00401. The Hall–Kier alpha value is -2.18. The molecule has 0 spiro atoms. The molecule has 0 aliphatic carbocycles. The maximum atomic E-state index is 12.9. The molecule has 0 aliphatic heterocycles. The first-order valence-corrected chi connectivity index (χ1v) is 8.36. The van der Waals surface area contributed by atoms with Gasteiger partial charge in [0, 0.05) is 31.3 Å². The Morgan fingerprint density at radius 2 is 2.17 bits per heavy atom. The van der Waals surface area contributed by atoms with Crippen LogP contribution in [0.15, 0.2) is 23.0 Å². The Bertz CT molecular complexity index is 911. The number of pyridine rings is 1. The van der Waals surface area contributed by atoms with Crippen LogP contribution in [0.5, 0.6) is 0 Å². The molecule has 0 saturated carbocycles. The molecule has 0 unspecified atom stereocenters. The van der Waals surface area contributed by atoms with Gasteiger partial charge in [0.1, 0.15) is 5.52 Å². The highest BCUT2D eigenvalue weighted by molar-refractivity contribution is 6.04. The molecule has 3 N–H and O–H groups in total. The molecule has 0 aliphatic rings. The monoisotopic (exact) mass is 328 g/mol. The summed E-state index contributed by atoms with van der Waals surface area (Å²) in [6, 6.07) is 6.26. The Kier molecular flexibility index (Phi) is 4.97. The number of aromatic nitrogens is 3. The molecule has 24 heavy (non-hydrogen) atoms. The van der Waals surface area contributed by atoms with E-state index in [1.54, 1.807) is 7.11 Å². The number of aryl methyl sites for hydroxylation is 3. The smallest absolute Gasteiger partial charge is 0.262 e. The van der Waals surface area contributed by atoms with Crippen molar-refractivity contribution in [2.45, 2.75) is 32.7 Å². The SMILES string of the molecule is COCCCc1ccc2c(c1)c1n[nH]c(C)c1c(=O)n2CCCN. The molecular formula is C18H24N4O2. The number of nitrogens with two attached hydrogens (primary N) is 1. The van der Waals surface area contributed by atoms with Gasteiger partial charge in [-0.15, -0.1) is 0 Å². The molecule has 0 atom stereocenters. The van der Waals surface area contributed by atoms with Gasteiger partial charge in [0.15, 0.2) is 0 Å². The molecule has 0 bridgehead atoms. The van der Waals surface area contributed by atoms with E-state index in [1.807, 2.05) is 17.6 Å². The number of hydrogen-bond donors (Lipinski definition) is 2. The fourth-order valence-electron chi connectivity index (χ4n) is 3.19. The van der Waals surface area contributed by atoms with E-state index in [-0.39, 0.29) is 5.56 Å². The number of H-pyrrole nitrogens is 1. The van der Waals surface area contributed by atoms with Crippen molar-refractivity contribution in [2.24, 2.45) is 5.73 Å². The Morgan fingerprint density at radius 3 is 2.92 bits per heavy atom. The molecule has 2 heterocycles. The summed E-state index contributed by atoms with van der Waals surface area (Å²) in [6.07, 6.45) is 2.68. The van der Waals surface area contributed by atoms with Crippen LogP contribution in [0, 0.1) is 6.92 Å². The van der Waals surface area contributed by atoms with E-state index in [2.05, 4.69) is 22.3 Å². The van der Waals surface area contributed by atoms with E-state index >= 15 is 0 Å². The zero-order valence-corrected chi connectivity index (χ0v) is 14.3. The standard InChI is InChI=1S/C18H24N4O2/c1-12-16-17(21-20-12)14-11-13(5-3-10-24-2)6-7-15(14)22(18(16)23)9-4-8-19/h6-7,11H,3-5,8-10,19H2,1-2H3,(H,20,21). The minimum Gasteiger partial charge on any atom is -0.385 e. The second-order valence-corrected chi connectivity index (χ2v) is 6.12. The number of methoxy groups -OCH3 is 1. The number of fused-ring (bicyclic) bond motifs is 3. The van der Waals surface area contributed by atoms with Crippen LogP contribution in [0.1, 0.15) is 24.1 Å². The lowest BCUT2D eigenvalue weighted by Crippen LogP contribution is -2.22. The summed E-state index contributed by atoms with van der Waals surface area (Å²) in [6.45, 7) is 3.81. The molecular weight excluding hydrogens is 304 g/mol. The third-order valence-electron chi connectivity index (χ3n) is 4.41. The maximum Gasteiger partial charge on any atom is 0.262 e. The van der Waals surface area contributed by atoms with E-state index in [9.17, 15) is 4.79 Å². The van der Waals surface area contributed by atoms with Crippen molar-refractivity contribution in [2.75, 3.05) is 20.3 Å². The highest BCUT2D eigenvalue weighted by Gasteiger charge is 2.15. The van der Waals surface area contributed by atoms with Crippen LogP contribution in [-0.2, 0) is 17.7 Å². The van der Waals surface area contributed by atoms with E-state index in [1.165, 1.54) is 5.56 Å². The van der Waals surface area contributed by atoms with Gasteiger partial charge >= 0.3 is 0 Å². The number of rotatable bonds is 7. The third-order valence-corrected chi connectivity index (χ3v) is 4.41. The van der Waals surface area contributed by atoms with Gasteiger partial charge in [0.2, 0.25) is 0 Å². The first kappa shape index (κ1) is 16.7. The van der Waals surface area contributed by atoms with Gasteiger partial charge in [-0.25, -0.2) is 0 Å². The summed E-state index contributed by atoms with van der Waals surface area (Å²) < 4.78 is 6.95. The zero-order chi connectivity index (χ0) is 17.1. The normalized spacial score (nSPS) is 11.6. The number of nitrogens with zero attached hydrogens (tertiary/aromatic N) is 2. The Morgan fingerprint density at radius 1 is 1.33 bits per heavy atom. The van der Waals surface area contributed by atoms with Crippen molar-refractivity contribution in [1.29, 1.82) is 0 Å². The van der Waals surface area contributed by atoms with E-state index in [4.69, 9.17) is 10.5 Å². The predicted octanol–water partition coefficient (Wildman–Crippen LogP) is 2.11. The van der Waals surface area contributed by atoms with Gasteiger partial charge in [-0.05, 0) is 50.4 Å². The van der Waals surface area contributed by atoms with Crippen LogP contribution in [0.3, 0.4) is 0 Å². The van der Waals surface area contributed by atoms with Crippen LogP contribution < -0.4 is 11.3 Å². The van der Waals surface area contributed by atoms with Crippen molar-refractivity contribution in [3.8, 4) is 0 Å². The number of aromatic amines is 1. The molecule has 128 valence electrons. The lowest BCUT2D eigenvalue weighted by atomic mass is 10.0. The van der Waals surface area contributed by atoms with Crippen molar-refractivity contribution in [3.63, 3.8) is 0 Å². The summed E-state index contributed by atoms with van der Waals surface area (Å²) in [4.78, 5) is 12.9. The van der Waals surface area contributed by atoms with Crippen molar-refractivity contribution in [1.82, 2.24) is 14.8 Å². The second-order valence-electron chi connectivity index (χ2n) is 6.12. The van der Waals surface area contributed by atoms with Gasteiger partial charge in [-0.2, -0.15) is 5.10 Å². The highest BCUT2D eigenvalue weighted by Crippen LogP contribution is 2.24. The largest absolute Gasteiger partial charge is 0.385 e. The quantitative estimate of drug-likeness (QED) is 0.651. The van der Waals surface area contributed by atoms with Gasteiger partial charge < -0.3 is 15.0 Å². The van der Waals surface area contributed by atoms with Crippen LogP contribution in [0.4, 0.5) is 0 Å². The average molecular weight is 328 g/mol. The number of ether oxygens (including phenoxy) is 1. The van der Waals surface area contributed by atoms with E-state index < -0.39 is 0 Å². The van der Waals surface area contributed by atoms with Crippen molar-refractivity contribution < 1.29 is 4.74 Å². The van der Waals surface area contributed by atoms with Gasteiger partial charge in [-0.1, -0.05) is 6.07 Å². The zero-order valence-electron chi connectivity index (χ0n) is 14.3. The Balaban J connectivity index is 2.19. The van der Waals surface area contributed by atoms with Gasteiger partial charge in [-0.3, -0.25) is 9.89 Å². The molecule has 0 saturated heterocycles. The van der Waals surface area contributed by atoms with Gasteiger partial charge in [0.25, 0.3) is 5.56 Å². The summed E-state index contributed by atoms with van der Waals surface area (Å²) in [5.41, 5.74) is 9.35. The van der Waals surface area contributed by atoms with Crippen LogP contribution >= 0.6 is 0 Å². The predicted molar refractivity (Wildman–Crippen MR) is 96.5 cm³/mol. The van der Waals surface area contributed by atoms with E-state index in [0.717, 1.165) is 48.0 Å². The summed E-state index contributed by atoms with van der Waals surface area (Å²) in [7, 11) is 1.71. The maximum absolute atomic E-state index is 12.9. The third kappa shape index (κ3) is 2.95. The molecule has 1 aromatic carbocycles. The van der Waals surface area contributed by atoms with Crippen LogP contribution in [-0.4, -0.2) is 35.0 Å². The highest BCUT2D eigenvalue weighted by atomic mass is 16.5. The molecule has 3 aromatic rings. The Labute approximate surface area is 140 Å². The first-order chi connectivity index (χ1) is 11.7. The van der Waals surface area contributed by atoms with Gasteiger partial charge in [0.05, 0.1) is 10.9 Å². The summed E-state index contributed by atoms with van der Waals surface area (Å²) in [5.74, 6) is 0. The lowest BCUT2D eigenvalue weighted by Gasteiger charge is -2.12. The number of nitrogens with one attached hydrogen (secondary N) is 1. The molecule has 6 nitrogen and oxygen atoms in total. The molecule has 0 radical (unpaired) electrons. The molecule has 3 rings (SSSR count). The van der Waals surface area contributed by atoms with Crippen LogP contribution in [0.25, 0.3) is 21.8 Å². The summed E-state index contributed by atoms with van der Waals surface area (Å²) >= 11 is 0. The van der Waals surface area contributed by atoms with Crippen LogP contribution in [0.2, 0.25) is 0 Å². The van der Waals surface area contributed by atoms with E-state index in [0.29, 0.717) is 18.5 Å². The van der Waals surface area contributed by atoms with Crippen molar-refractivity contribution >= 4 is 21.8 Å².